The predicted molar refractivity (Wildman–Crippen MR) is 148 cm³/mol. The first kappa shape index (κ1) is 20.0. The van der Waals surface area contributed by atoms with Crippen molar-refractivity contribution in [2.75, 3.05) is 0 Å². The lowest BCUT2D eigenvalue weighted by Gasteiger charge is -2.10. The Morgan fingerprint density at radius 2 is 1.11 bits per heavy atom. The molecule has 6 nitrogen and oxygen atoms in total. The first-order chi connectivity index (χ1) is 18.4. The number of benzene rings is 3. The van der Waals surface area contributed by atoms with Crippen LogP contribution in [-0.4, -0.2) is 28.7 Å². The van der Waals surface area contributed by atoms with E-state index in [1.54, 1.807) is 6.20 Å². The highest BCUT2D eigenvalue weighted by Gasteiger charge is 2.17. The standard InChI is InChI=1S/C31H20N6/c1-2-6-21(7-3-1)36-26-13-11-23(19-25(26)31-28(36)8-4-14-34-31)37-27-12-10-22(35-17-16-32-20-35)18-24(27)30-29(37)9-5-15-33-30/h1-20H. The molecular weight excluding hydrogens is 456 g/mol. The highest BCUT2D eigenvalue weighted by molar-refractivity contribution is 6.10. The Morgan fingerprint density at radius 1 is 0.486 bits per heavy atom. The van der Waals surface area contributed by atoms with Crippen LogP contribution in [0.3, 0.4) is 0 Å². The van der Waals surface area contributed by atoms with Crippen LogP contribution >= 0.6 is 0 Å². The summed E-state index contributed by atoms with van der Waals surface area (Å²) in [4.78, 5) is 13.8. The number of pyridine rings is 2. The molecule has 0 aliphatic heterocycles. The Kier molecular flexibility index (Phi) is 4.13. The molecule has 0 spiro atoms. The van der Waals surface area contributed by atoms with Crippen LogP contribution in [0.25, 0.3) is 60.9 Å². The summed E-state index contributed by atoms with van der Waals surface area (Å²) < 4.78 is 6.59. The lowest BCUT2D eigenvalue weighted by molar-refractivity contribution is 1.06. The molecule has 5 heterocycles. The van der Waals surface area contributed by atoms with Crippen LogP contribution in [0.4, 0.5) is 0 Å². The molecule has 0 radical (unpaired) electrons. The molecule has 8 aromatic rings. The van der Waals surface area contributed by atoms with E-state index in [-0.39, 0.29) is 0 Å². The Bertz CT molecular complexity index is 2080. The number of hydrogen-bond acceptors (Lipinski definition) is 3. The van der Waals surface area contributed by atoms with Crippen molar-refractivity contribution in [2.45, 2.75) is 0 Å². The molecule has 0 saturated carbocycles. The van der Waals surface area contributed by atoms with Crippen LogP contribution in [0.15, 0.2) is 122 Å². The Balaban J connectivity index is 1.42. The van der Waals surface area contributed by atoms with Gasteiger partial charge >= 0.3 is 0 Å². The van der Waals surface area contributed by atoms with E-state index in [9.17, 15) is 0 Å². The van der Waals surface area contributed by atoms with E-state index in [0.717, 1.165) is 60.9 Å². The Morgan fingerprint density at radius 3 is 1.76 bits per heavy atom. The van der Waals surface area contributed by atoms with Gasteiger partial charge in [-0.15, -0.1) is 0 Å². The molecule has 0 unspecified atom stereocenters. The van der Waals surface area contributed by atoms with Crippen LogP contribution < -0.4 is 0 Å². The second-order valence-corrected chi connectivity index (χ2v) is 9.12. The maximum Gasteiger partial charge on any atom is 0.0991 e. The fourth-order valence-electron chi connectivity index (χ4n) is 5.49. The SMILES string of the molecule is c1ccc(-n2c3ccc(-n4c5ccc(-n6ccnc6)cc5c5ncccc54)cc3c3ncccc32)cc1. The molecule has 174 valence electrons. The fourth-order valence-corrected chi connectivity index (χ4v) is 5.49. The first-order valence-corrected chi connectivity index (χ1v) is 12.2. The van der Waals surface area contributed by atoms with Crippen molar-refractivity contribution >= 4 is 43.9 Å². The van der Waals surface area contributed by atoms with Crippen LogP contribution in [0.5, 0.6) is 0 Å². The minimum atomic E-state index is 0.976. The third-order valence-electron chi connectivity index (χ3n) is 7.08. The zero-order valence-corrected chi connectivity index (χ0v) is 19.7. The second-order valence-electron chi connectivity index (χ2n) is 9.12. The molecule has 0 fully saturated rings. The number of imidazole rings is 1. The third kappa shape index (κ3) is 2.90. The Hall–Kier alpha value is -5.23. The van der Waals surface area contributed by atoms with Gasteiger partial charge in [-0.05, 0) is 72.8 Å². The van der Waals surface area contributed by atoms with Crippen LogP contribution in [0, 0.1) is 0 Å². The highest BCUT2D eigenvalue weighted by atomic mass is 15.0. The first-order valence-electron chi connectivity index (χ1n) is 12.2. The molecule has 0 atom stereocenters. The van der Waals surface area contributed by atoms with E-state index in [1.165, 1.54) is 0 Å². The smallest absolute Gasteiger partial charge is 0.0991 e. The van der Waals surface area contributed by atoms with Gasteiger partial charge in [-0.25, -0.2) is 4.98 Å². The third-order valence-corrected chi connectivity index (χ3v) is 7.08. The fraction of sp³-hybridized carbons (Fsp3) is 0. The van der Waals surface area contributed by atoms with E-state index in [1.807, 2.05) is 47.7 Å². The van der Waals surface area contributed by atoms with Gasteiger partial charge in [0.15, 0.2) is 0 Å². The van der Waals surface area contributed by atoms with Crippen molar-refractivity contribution in [3.05, 3.63) is 122 Å². The normalized spacial score (nSPS) is 11.8. The van der Waals surface area contributed by atoms with Gasteiger partial charge in [0, 0.05) is 52.6 Å². The van der Waals surface area contributed by atoms with Gasteiger partial charge in [-0.2, -0.15) is 0 Å². The summed E-state index contributed by atoms with van der Waals surface area (Å²) in [7, 11) is 0. The quantitative estimate of drug-likeness (QED) is 0.280. The summed E-state index contributed by atoms with van der Waals surface area (Å²) in [6.07, 6.45) is 9.29. The number of rotatable bonds is 3. The molecule has 0 amide bonds. The molecule has 0 aliphatic carbocycles. The molecule has 6 heteroatoms. The van der Waals surface area contributed by atoms with Gasteiger partial charge in [-0.3, -0.25) is 9.97 Å². The Labute approximate surface area is 211 Å². The zero-order chi connectivity index (χ0) is 24.3. The van der Waals surface area contributed by atoms with Crippen molar-refractivity contribution in [3.8, 4) is 17.1 Å². The summed E-state index contributed by atoms with van der Waals surface area (Å²) in [5.74, 6) is 0. The zero-order valence-electron chi connectivity index (χ0n) is 19.7. The summed E-state index contributed by atoms with van der Waals surface area (Å²) in [6, 6.07) is 31.8. The van der Waals surface area contributed by atoms with Crippen molar-refractivity contribution in [3.63, 3.8) is 0 Å². The number of hydrogen-bond donors (Lipinski definition) is 0. The number of nitrogens with zero attached hydrogens (tertiary/aromatic N) is 6. The van der Waals surface area contributed by atoms with Gasteiger partial charge in [0.05, 0.1) is 39.4 Å². The predicted octanol–water partition coefficient (Wildman–Crippen LogP) is 6.86. The minimum absolute atomic E-state index is 0.976. The summed E-state index contributed by atoms with van der Waals surface area (Å²) in [6.45, 7) is 0. The van der Waals surface area contributed by atoms with Gasteiger partial charge in [-0.1, -0.05) is 18.2 Å². The average Bonchev–Trinajstić information content (AvgIpc) is 3.68. The lowest BCUT2D eigenvalue weighted by atomic mass is 10.2. The molecule has 3 aromatic carbocycles. The van der Waals surface area contributed by atoms with Gasteiger partial charge in [0.25, 0.3) is 0 Å². The molecule has 0 N–H and O–H groups in total. The maximum absolute atomic E-state index is 4.79. The van der Waals surface area contributed by atoms with Crippen LogP contribution in [0.1, 0.15) is 0 Å². The highest BCUT2D eigenvalue weighted by Crippen LogP contribution is 2.36. The minimum Gasteiger partial charge on any atom is -0.308 e. The molecule has 8 rings (SSSR count). The number of fused-ring (bicyclic) bond motifs is 6. The van der Waals surface area contributed by atoms with Crippen LogP contribution in [-0.2, 0) is 0 Å². The molecule has 0 bridgehead atoms. The monoisotopic (exact) mass is 476 g/mol. The lowest BCUT2D eigenvalue weighted by Crippen LogP contribution is -1.96. The molecule has 0 saturated heterocycles. The summed E-state index contributed by atoms with van der Waals surface area (Å²) in [5, 5.41) is 2.22. The molecule has 37 heavy (non-hydrogen) atoms. The topological polar surface area (TPSA) is 53.5 Å². The maximum atomic E-state index is 4.79. The average molecular weight is 477 g/mol. The molecule has 0 aliphatic rings. The largest absolute Gasteiger partial charge is 0.308 e. The molecule has 5 aromatic heterocycles. The van der Waals surface area contributed by atoms with Gasteiger partial charge in [0.1, 0.15) is 0 Å². The van der Waals surface area contributed by atoms with Crippen molar-refractivity contribution in [1.29, 1.82) is 0 Å². The number of aromatic nitrogens is 6. The van der Waals surface area contributed by atoms with E-state index in [4.69, 9.17) is 9.97 Å². The van der Waals surface area contributed by atoms with Gasteiger partial charge in [0.2, 0.25) is 0 Å². The van der Waals surface area contributed by atoms with Crippen molar-refractivity contribution in [2.24, 2.45) is 0 Å². The van der Waals surface area contributed by atoms with E-state index < -0.39 is 0 Å². The van der Waals surface area contributed by atoms with E-state index >= 15 is 0 Å². The van der Waals surface area contributed by atoms with Crippen molar-refractivity contribution in [1.82, 2.24) is 28.7 Å². The molecular formula is C31H20N6. The van der Waals surface area contributed by atoms with Crippen molar-refractivity contribution < 1.29 is 0 Å². The summed E-state index contributed by atoms with van der Waals surface area (Å²) >= 11 is 0. The van der Waals surface area contributed by atoms with E-state index in [2.05, 4.69) is 86.9 Å². The number of para-hydroxylation sites is 1. The second kappa shape index (κ2) is 7.63. The van der Waals surface area contributed by atoms with E-state index in [0.29, 0.717) is 0 Å². The van der Waals surface area contributed by atoms with Gasteiger partial charge < -0.3 is 13.7 Å². The summed E-state index contributed by atoms with van der Waals surface area (Å²) in [5.41, 5.74) is 9.62. The van der Waals surface area contributed by atoms with Crippen LogP contribution in [0.2, 0.25) is 0 Å².